The number of fused-ring (bicyclic) bond motifs is 1. The molecule has 2 aromatic heterocycles. The highest BCUT2D eigenvalue weighted by Gasteiger charge is 2.32. The minimum absolute atomic E-state index is 0.00331. The van der Waals surface area contributed by atoms with Crippen molar-refractivity contribution in [2.75, 3.05) is 11.9 Å². The fourth-order valence-corrected chi connectivity index (χ4v) is 3.61. The normalized spacial score (nSPS) is 20.2. The van der Waals surface area contributed by atoms with Crippen LogP contribution in [0.1, 0.15) is 50.4 Å². The Hall–Kier alpha value is -2.31. The molecule has 2 aromatic rings. The van der Waals surface area contributed by atoms with E-state index in [2.05, 4.69) is 34.5 Å². The summed E-state index contributed by atoms with van der Waals surface area (Å²) in [6.07, 6.45) is 8.00. The van der Waals surface area contributed by atoms with Crippen molar-refractivity contribution in [3.63, 3.8) is 0 Å². The quantitative estimate of drug-likeness (QED) is 0.889. The van der Waals surface area contributed by atoms with Crippen LogP contribution in [0.25, 0.3) is 0 Å². The van der Waals surface area contributed by atoms with Gasteiger partial charge in [0.05, 0.1) is 25.0 Å². The molecule has 2 N–H and O–H groups in total. The molecule has 2 amide bonds. The molecular weight excluding hydrogens is 304 g/mol. The first kappa shape index (κ1) is 15.2. The van der Waals surface area contributed by atoms with Crippen molar-refractivity contribution in [2.45, 2.75) is 52.1 Å². The number of carbonyl (C=O) groups is 1. The molecule has 0 bridgehead atoms. The van der Waals surface area contributed by atoms with E-state index < -0.39 is 0 Å². The van der Waals surface area contributed by atoms with Crippen LogP contribution >= 0.6 is 0 Å². The van der Waals surface area contributed by atoms with E-state index in [0.29, 0.717) is 19.1 Å². The molecule has 1 aliphatic carbocycles. The van der Waals surface area contributed by atoms with Crippen LogP contribution in [0.5, 0.6) is 0 Å². The van der Waals surface area contributed by atoms with Crippen molar-refractivity contribution < 1.29 is 4.79 Å². The predicted octanol–water partition coefficient (Wildman–Crippen LogP) is 2.95. The summed E-state index contributed by atoms with van der Waals surface area (Å²) >= 11 is 0. The van der Waals surface area contributed by atoms with Crippen molar-refractivity contribution in [1.82, 2.24) is 24.9 Å². The van der Waals surface area contributed by atoms with Crippen molar-refractivity contribution in [3.05, 3.63) is 29.7 Å². The third-order valence-corrected chi connectivity index (χ3v) is 5.06. The topological polar surface area (TPSA) is 78.8 Å². The Morgan fingerprint density at radius 2 is 2.25 bits per heavy atom. The van der Waals surface area contributed by atoms with Crippen molar-refractivity contribution in [2.24, 2.45) is 5.41 Å². The van der Waals surface area contributed by atoms with Gasteiger partial charge in [-0.2, -0.15) is 10.2 Å². The second-order valence-corrected chi connectivity index (χ2v) is 7.75. The number of aromatic amines is 1. The van der Waals surface area contributed by atoms with E-state index in [-0.39, 0.29) is 11.4 Å². The molecule has 0 saturated heterocycles. The Morgan fingerprint density at radius 3 is 3.00 bits per heavy atom. The zero-order chi connectivity index (χ0) is 16.7. The van der Waals surface area contributed by atoms with E-state index >= 15 is 0 Å². The van der Waals surface area contributed by atoms with Gasteiger partial charge in [-0.15, -0.1) is 0 Å². The number of carbonyl (C=O) groups excluding carboxylic acids is 1. The maximum Gasteiger partial charge on any atom is 0.323 e. The fraction of sp³-hybridized carbons (Fsp3) is 0.588. The minimum atomic E-state index is -0.0711. The second kappa shape index (κ2) is 5.65. The summed E-state index contributed by atoms with van der Waals surface area (Å²) < 4.78 is 1.95. The molecule has 4 rings (SSSR count). The number of nitrogens with zero attached hydrogens (tertiary/aromatic N) is 4. The molecule has 1 fully saturated rings. The first-order valence-electron chi connectivity index (χ1n) is 8.62. The highest BCUT2D eigenvalue weighted by molar-refractivity contribution is 5.88. The van der Waals surface area contributed by atoms with Crippen LogP contribution in [-0.2, 0) is 13.0 Å². The highest BCUT2D eigenvalue weighted by atomic mass is 16.2. The first-order chi connectivity index (χ1) is 11.5. The van der Waals surface area contributed by atoms with E-state index in [1.807, 2.05) is 21.8 Å². The van der Waals surface area contributed by atoms with Gasteiger partial charge in [-0.05, 0) is 31.1 Å². The number of amides is 2. The number of hydrogen-bond donors (Lipinski definition) is 2. The summed E-state index contributed by atoms with van der Waals surface area (Å²) in [5, 5.41) is 14.6. The maximum absolute atomic E-state index is 12.9. The molecule has 1 saturated carbocycles. The Kier molecular flexibility index (Phi) is 3.58. The predicted molar refractivity (Wildman–Crippen MR) is 90.6 cm³/mol. The molecule has 7 nitrogen and oxygen atoms in total. The molecule has 0 unspecified atom stereocenters. The van der Waals surface area contributed by atoms with Crippen molar-refractivity contribution in [3.8, 4) is 0 Å². The van der Waals surface area contributed by atoms with Crippen LogP contribution in [-0.4, -0.2) is 37.5 Å². The molecule has 0 aromatic carbocycles. The molecule has 7 heteroatoms. The molecule has 0 radical (unpaired) electrons. The van der Waals surface area contributed by atoms with Gasteiger partial charge >= 0.3 is 6.03 Å². The lowest BCUT2D eigenvalue weighted by molar-refractivity contribution is 0.179. The Balaban J connectivity index is 1.53. The lowest BCUT2D eigenvalue weighted by Gasteiger charge is -2.31. The standard InChI is InChI=1S/C17H24N6O/c1-17(2)8-14-12(9-18-21-14)10-22(11-17)16(24)20-15-6-7-19-23(15)13-4-3-5-13/h6-7,9,13H,3-5,8,10-11H2,1-2H3,(H,18,21)(H,20,24). The van der Waals surface area contributed by atoms with Gasteiger partial charge in [0.25, 0.3) is 0 Å². The van der Waals surface area contributed by atoms with Gasteiger partial charge in [0, 0.05) is 23.9 Å². The van der Waals surface area contributed by atoms with E-state index in [1.165, 1.54) is 6.42 Å². The number of hydrogen-bond acceptors (Lipinski definition) is 3. The summed E-state index contributed by atoms with van der Waals surface area (Å²) in [7, 11) is 0. The van der Waals surface area contributed by atoms with Crippen LogP contribution in [0, 0.1) is 5.41 Å². The van der Waals surface area contributed by atoms with Gasteiger partial charge in [-0.1, -0.05) is 13.8 Å². The monoisotopic (exact) mass is 328 g/mol. The van der Waals surface area contributed by atoms with Gasteiger partial charge in [0.1, 0.15) is 5.82 Å². The average molecular weight is 328 g/mol. The minimum Gasteiger partial charge on any atom is -0.319 e. The number of urea groups is 1. The van der Waals surface area contributed by atoms with E-state index in [4.69, 9.17) is 0 Å². The average Bonchev–Trinajstić information content (AvgIpc) is 3.04. The van der Waals surface area contributed by atoms with Gasteiger partial charge in [-0.25, -0.2) is 9.48 Å². The smallest absolute Gasteiger partial charge is 0.319 e. The molecule has 0 spiro atoms. The number of rotatable bonds is 2. The number of aromatic nitrogens is 4. The van der Waals surface area contributed by atoms with Gasteiger partial charge in [0.15, 0.2) is 0 Å². The number of H-pyrrole nitrogens is 1. The molecule has 0 atom stereocenters. The molecule has 1 aliphatic heterocycles. The largest absolute Gasteiger partial charge is 0.323 e. The zero-order valence-electron chi connectivity index (χ0n) is 14.2. The Bertz CT molecular complexity index is 742. The summed E-state index contributed by atoms with van der Waals surface area (Å²) in [4.78, 5) is 14.7. The van der Waals surface area contributed by atoms with E-state index in [0.717, 1.165) is 36.3 Å². The van der Waals surface area contributed by atoms with E-state index in [9.17, 15) is 4.79 Å². The fourth-order valence-electron chi connectivity index (χ4n) is 3.61. The zero-order valence-corrected chi connectivity index (χ0v) is 14.2. The molecule has 24 heavy (non-hydrogen) atoms. The van der Waals surface area contributed by atoms with Crippen LogP contribution in [0.3, 0.4) is 0 Å². The molecule has 2 aliphatic rings. The molecule has 3 heterocycles. The number of nitrogens with one attached hydrogen (secondary N) is 2. The van der Waals surface area contributed by atoms with Crippen LogP contribution < -0.4 is 5.32 Å². The second-order valence-electron chi connectivity index (χ2n) is 7.75. The van der Waals surface area contributed by atoms with Crippen molar-refractivity contribution in [1.29, 1.82) is 0 Å². The first-order valence-corrected chi connectivity index (χ1v) is 8.62. The van der Waals surface area contributed by atoms with Gasteiger partial charge < -0.3 is 4.90 Å². The van der Waals surface area contributed by atoms with Crippen LogP contribution in [0.2, 0.25) is 0 Å². The van der Waals surface area contributed by atoms with Crippen LogP contribution in [0.15, 0.2) is 18.5 Å². The lowest BCUT2D eigenvalue weighted by Crippen LogP contribution is -2.40. The summed E-state index contributed by atoms with van der Waals surface area (Å²) in [6.45, 7) is 5.65. The lowest BCUT2D eigenvalue weighted by atomic mass is 9.88. The van der Waals surface area contributed by atoms with Gasteiger partial charge in [-0.3, -0.25) is 10.4 Å². The summed E-state index contributed by atoms with van der Waals surface area (Å²) in [5.41, 5.74) is 2.24. The maximum atomic E-state index is 12.9. The SMILES string of the molecule is CC1(C)Cc2[nH]ncc2CN(C(=O)Nc2ccnn2C2CCC2)C1. The molecular formula is C17H24N6O. The summed E-state index contributed by atoms with van der Waals surface area (Å²) in [5.74, 6) is 0.791. The summed E-state index contributed by atoms with van der Waals surface area (Å²) in [6, 6.07) is 2.23. The third-order valence-electron chi connectivity index (χ3n) is 5.06. The highest BCUT2D eigenvalue weighted by Crippen LogP contribution is 2.33. The van der Waals surface area contributed by atoms with Gasteiger partial charge in [0.2, 0.25) is 0 Å². The third kappa shape index (κ3) is 2.79. The van der Waals surface area contributed by atoms with E-state index in [1.54, 1.807) is 6.20 Å². The van der Waals surface area contributed by atoms with Crippen LogP contribution in [0.4, 0.5) is 10.6 Å². The van der Waals surface area contributed by atoms with Crippen molar-refractivity contribution >= 4 is 11.8 Å². The molecule has 128 valence electrons. The Morgan fingerprint density at radius 1 is 1.42 bits per heavy atom. The Labute approximate surface area is 141 Å². The number of anilines is 1.